The van der Waals surface area contributed by atoms with E-state index in [1.165, 1.54) is 6.07 Å². The van der Waals surface area contributed by atoms with E-state index in [-0.39, 0.29) is 11.9 Å². The molecule has 0 fully saturated rings. The van der Waals surface area contributed by atoms with Crippen molar-refractivity contribution in [1.82, 2.24) is 10.3 Å². The number of nitrogens with one attached hydrogen (secondary N) is 1. The lowest BCUT2D eigenvalue weighted by molar-refractivity contribution is 0.544. The Labute approximate surface area is 121 Å². The zero-order chi connectivity index (χ0) is 13.8. The summed E-state index contributed by atoms with van der Waals surface area (Å²) in [5, 5.41) is 3.19. The molecule has 19 heavy (non-hydrogen) atoms. The van der Waals surface area contributed by atoms with Crippen molar-refractivity contribution in [3.63, 3.8) is 0 Å². The number of nitrogens with zero attached hydrogens (tertiary/aromatic N) is 1. The number of benzene rings is 1. The standard InChI is InChI=1S/C15H16BrFN2/c1-10-4-3-5-14(19-10)15(18-2)8-11-6-7-12(16)9-13(11)17/h3-7,9,15,18H,8H2,1-2H3. The molecule has 1 atom stereocenters. The molecule has 1 heterocycles. The van der Waals surface area contributed by atoms with Gasteiger partial charge in [-0.1, -0.05) is 28.1 Å². The van der Waals surface area contributed by atoms with Crippen molar-refractivity contribution in [2.24, 2.45) is 0 Å². The number of halogens is 2. The number of rotatable bonds is 4. The summed E-state index contributed by atoms with van der Waals surface area (Å²) < 4.78 is 14.6. The Hall–Kier alpha value is -1.26. The van der Waals surface area contributed by atoms with Crippen LogP contribution >= 0.6 is 15.9 Å². The molecule has 4 heteroatoms. The van der Waals surface area contributed by atoms with E-state index in [1.807, 2.05) is 38.2 Å². The third-order valence-electron chi connectivity index (χ3n) is 3.05. The molecule has 0 saturated heterocycles. The summed E-state index contributed by atoms with van der Waals surface area (Å²) in [5.74, 6) is -0.192. The highest BCUT2D eigenvalue weighted by molar-refractivity contribution is 9.10. The average Bonchev–Trinajstić information content (AvgIpc) is 2.38. The molecule has 1 aromatic heterocycles. The highest BCUT2D eigenvalue weighted by Gasteiger charge is 2.14. The van der Waals surface area contributed by atoms with E-state index in [9.17, 15) is 4.39 Å². The maximum Gasteiger partial charge on any atom is 0.127 e. The van der Waals surface area contributed by atoms with Crippen molar-refractivity contribution in [2.45, 2.75) is 19.4 Å². The van der Waals surface area contributed by atoms with Crippen LogP contribution in [0.3, 0.4) is 0 Å². The Balaban J connectivity index is 2.24. The van der Waals surface area contributed by atoms with Crippen LogP contribution in [-0.4, -0.2) is 12.0 Å². The van der Waals surface area contributed by atoms with Crippen molar-refractivity contribution < 1.29 is 4.39 Å². The minimum Gasteiger partial charge on any atom is -0.311 e. The average molecular weight is 323 g/mol. The maximum atomic E-state index is 13.9. The van der Waals surface area contributed by atoms with Crippen molar-refractivity contribution >= 4 is 15.9 Å². The number of pyridine rings is 1. The van der Waals surface area contributed by atoms with E-state index in [0.29, 0.717) is 12.0 Å². The molecule has 2 nitrogen and oxygen atoms in total. The van der Waals surface area contributed by atoms with Gasteiger partial charge in [0.05, 0.1) is 11.7 Å². The van der Waals surface area contributed by atoms with Gasteiger partial charge in [-0.25, -0.2) is 4.39 Å². The highest BCUT2D eigenvalue weighted by atomic mass is 79.9. The first-order valence-electron chi connectivity index (χ1n) is 6.15. The van der Waals surface area contributed by atoms with Gasteiger partial charge in [0.1, 0.15) is 5.82 Å². The van der Waals surface area contributed by atoms with E-state index < -0.39 is 0 Å². The normalized spacial score (nSPS) is 12.4. The number of aryl methyl sites for hydroxylation is 1. The summed E-state index contributed by atoms with van der Waals surface area (Å²) in [7, 11) is 1.87. The van der Waals surface area contributed by atoms with Gasteiger partial charge in [-0.05, 0) is 50.2 Å². The van der Waals surface area contributed by atoms with Crippen LogP contribution in [0.5, 0.6) is 0 Å². The van der Waals surface area contributed by atoms with Gasteiger partial charge < -0.3 is 5.32 Å². The molecule has 0 amide bonds. The van der Waals surface area contributed by atoms with Crippen LogP contribution in [0.2, 0.25) is 0 Å². The minimum atomic E-state index is -0.192. The van der Waals surface area contributed by atoms with Gasteiger partial charge in [-0.2, -0.15) is 0 Å². The van der Waals surface area contributed by atoms with Crippen molar-refractivity contribution in [2.75, 3.05) is 7.05 Å². The second-order valence-corrected chi connectivity index (χ2v) is 5.40. The SMILES string of the molecule is CNC(Cc1ccc(Br)cc1F)c1cccc(C)n1. The van der Waals surface area contributed by atoms with E-state index >= 15 is 0 Å². The molecular formula is C15H16BrFN2. The van der Waals surface area contributed by atoms with E-state index in [4.69, 9.17) is 0 Å². The summed E-state index contributed by atoms with van der Waals surface area (Å²) in [6.07, 6.45) is 0.575. The molecule has 0 aliphatic rings. The predicted octanol–water partition coefficient (Wildman–Crippen LogP) is 3.79. The molecular weight excluding hydrogens is 307 g/mol. The Morgan fingerprint density at radius 1 is 1.32 bits per heavy atom. The Kier molecular flexibility index (Phi) is 4.66. The molecule has 100 valence electrons. The third-order valence-corrected chi connectivity index (χ3v) is 3.55. The van der Waals surface area contributed by atoms with Crippen LogP contribution in [0, 0.1) is 12.7 Å². The molecule has 0 aliphatic carbocycles. The summed E-state index contributed by atoms with van der Waals surface area (Å²) in [4.78, 5) is 4.49. The van der Waals surface area contributed by atoms with Crippen LogP contribution in [0.4, 0.5) is 4.39 Å². The fourth-order valence-electron chi connectivity index (χ4n) is 2.02. The molecule has 1 N–H and O–H groups in total. The number of likely N-dealkylation sites (N-methyl/N-ethyl adjacent to an activating group) is 1. The van der Waals surface area contributed by atoms with Gasteiger partial charge in [0.2, 0.25) is 0 Å². The van der Waals surface area contributed by atoms with Crippen LogP contribution in [0.25, 0.3) is 0 Å². The number of aromatic nitrogens is 1. The monoisotopic (exact) mass is 322 g/mol. The van der Waals surface area contributed by atoms with Crippen LogP contribution < -0.4 is 5.32 Å². The van der Waals surface area contributed by atoms with Gasteiger partial charge >= 0.3 is 0 Å². The number of hydrogen-bond donors (Lipinski definition) is 1. The van der Waals surface area contributed by atoms with Crippen molar-refractivity contribution in [3.8, 4) is 0 Å². The van der Waals surface area contributed by atoms with Crippen LogP contribution in [-0.2, 0) is 6.42 Å². The van der Waals surface area contributed by atoms with Gasteiger partial charge in [-0.15, -0.1) is 0 Å². The topological polar surface area (TPSA) is 24.9 Å². The zero-order valence-corrected chi connectivity index (χ0v) is 12.5. The van der Waals surface area contributed by atoms with Crippen molar-refractivity contribution in [1.29, 1.82) is 0 Å². The minimum absolute atomic E-state index is 0.00979. The first-order chi connectivity index (χ1) is 9.10. The molecule has 1 aromatic carbocycles. The summed E-state index contributed by atoms with van der Waals surface area (Å²) >= 11 is 3.27. The Morgan fingerprint density at radius 2 is 2.11 bits per heavy atom. The molecule has 2 rings (SSSR count). The van der Waals surface area contributed by atoms with E-state index in [1.54, 1.807) is 6.07 Å². The predicted molar refractivity (Wildman–Crippen MR) is 78.6 cm³/mol. The largest absolute Gasteiger partial charge is 0.311 e. The fraction of sp³-hybridized carbons (Fsp3) is 0.267. The molecule has 0 saturated carbocycles. The quantitative estimate of drug-likeness (QED) is 0.926. The van der Waals surface area contributed by atoms with Gasteiger partial charge in [0, 0.05) is 10.2 Å². The lowest BCUT2D eigenvalue weighted by Gasteiger charge is -2.16. The van der Waals surface area contributed by atoms with E-state index in [2.05, 4.69) is 26.2 Å². The third kappa shape index (κ3) is 3.61. The summed E-state index contributed by atoms with van der Waals surface area (Å²) in [6.45, 7) is 1.95. The fourth-order valence-corrected chi connectivity index (χ4v) is 2.35. The molecule has 1 unspecified atom stereocenters. The molecule has 0 radical (unpaired) electrons. The highest BCUT2D eigenvalue weighted by Crippen LogP contribution is 2.21. The van der Waals surface area contributed by atoms with Gasteiger partial charge in [0.15, 0.2) is 0 Å². The van der Waals surface area contributed by atoms with Crippen LogP contribution in [0.1, 0.15) is 23.0 Å². The summed E-state index contributed by atoms with van der Waals surface area (Å²) in [6, 6.07) is 11.1. The molecule has 0 aliphatic heterocycles. The van der Waals surface area contributed by atoms with Gasteiger partial charge in [0.25, 0.3) is 0 Å². The first kappa shape index (κ1) is 14.2. The van der Waals surface area contributed by atoms with Crippen molar-refractivity contribution in [3.05, 3.63) is 63.6 Å². The first-order valence-corrected chi connectivity index (χ1v) is 6.94. The Bertz CT molecular complexity index is 572. The molecule has 0 bridgehead atoms. The van der Waals surface area contributed by atoms with E-state index in [0.717, 1.165) is 15.9 Å². The number of hydrogen-bond acceptors (Lipinski definition) is 2. The Morgan fingerprint density at radius 3 is 2.74 bits per heavy atom. The molecule has 0 spiro atoms. The van der Waals surface area contributed by atoms with Gasteiger partial charge in [-0.3, -0.25) is 4.98 Å². The smallest absolute Gasteiger partial charge is 0.127 e. The molecule has 2 aromatic rings. The zero-order valence-electron chi connectivity index (χ0n) is 11.0. The summed E-state index contributed by atoms with van der Waals surface area (Å²) in [5.41, 5.74) is 2.59. The van der Waals surface area contributed by atoms with Crippen LogP contribution in [0.15, 0.2) is 40.9 Å². The lowest BCUT2D eigenvalue weighted by Crippen LogP contribution is -2.20. The second kappa shape index (κ2) is 6.26. The second-order valence-electron chi connectivity index (χ2n) is 4.48. The maximum absolute atomic E-state index is 13.9. The lowest BCUT2D eigenvalue weighted by atomic mass is 10.0.